The largest absolute Gasteiger partial charge is 0.225 e. The smallest absolute Gasteiger partial charge is 0.200 e. The molecule has 0 aromatic heterocycles. The van der Waals surface area contributed by atoms with E-state index in [1.54, 1.807) is 0 Å². The van der Waals surface area contributed by atoms with Gasteiger partial charge in [0.1, 0.15) is 0 Å². The lowest BCUT2D eigenvalue weighted by Crippen LogP contribution is -2.04. The van der Waals surface area contributed by atoms with E-state index in [1.807, 2.05) is 0 Å². The molecule has 0 fully saturated rings. The van der Waals surface area contributed by atoms with Crippen molar-refractivity contribution in [2.75, 3.05) is 6.26 Å². The highest BCUT2D eigenvalue weighted by atomic mass is 32.2. The molecule has 0 unspecified atom stereocenters. The molecule has 1 aromatic rings. The van der Waals surface area contributed by atoms with Crippen LogP contribution in [0.4, 0.5) is 22.0 Å². The van der Waals surface area contributed by atoms with Crippen LogP contribution in [0, 0.1) is 29.1 Å². The Hall–Kier alpha value is -1.44. The summed E-state index contributed by atoms with van der Waals surface area (Å²) >= 11 is 0. The van der Waals surface area contributed by atoms with E-state index in [0.29, 0.717) is 17.7 Å². The topological polar surface area (TPSA) is 34.1 Å². The number of hydrogen-bond acceptors (Lipinski definition) is 2. The van der Waals surface area contributed by atoms with Crippen LogP contribution in [-0.4, -0.2) is 14.7 Å². The molecule has 0 aliphatic rings. The van der Waals surface area contributed by atoms with Crippen LogP contribution < -0.4 is 0 Å². The van der Waals surface area contributed by atoms with Gasteiger partial charge >= 0.3 is 0 Å². The van der Waals surface area contributed by atoms with Crippen LogP contribution in [0.25, 0.3) is 6.08 Å². The fourth-order valence-corrected chi connectivity index (χ4v) is 1.34. The number of halogens is 5. The van der Waals surface area contributed by atoms with E-state index >= 15 is 0 Å². The highest BCUT2D eigenvalue weighted by molar-refractivity contribution is 7.93. The van der Waals surface area contributed by atoms with Crippen molar-refractivity contribution >= 4 is 15.9 Å². The quantitative estimate of drug-likeness (QED) is 0.470. The van der Waals surface area contributed by atoms with Gasteiger partial charge in [-0.1, -0.05) is 0 Å². The van der Waals surface area contributed by atoms with Gasteiger partial charge in [0.25, 0.3) is 0 Å². The maximum absolute atomic E-state index is 13.0. The normalized spacial score (nSPS) is 12.4. The van der Waals surface area contributed by atoms with E-state index in [0.717, 1.165) is 0 Å². The Balaban J connectivity index is 3.51. The van der Waals surface area contributed by atoms with Gasteiger partial charge in [-0.05, 0) is 6.08 Å². The van der Waals surface area contributed by atoms with Crippen molar-refractivity contribution in [2.45, 2.75) is 0 Å². The maximum Gasteiger partial charge on any atom is 0.200 e. The summed E-state index contributed by atoms with van der Waals surface area (Å²) in [6.07, 6.45) is 1.02. The molecule has 17 heavy (non-hydrogen) atoms. The molecule has 0 N–H and O–H groups in total. The average Bonchev–Trinajstić information content (AvgIpc) is 2.22. The molecule has 0 atom stereocenters. The van der Waals surface area contributed by atoms with Crippen LogP contribution in [0.3, 0.4) is 0 Å². The Kier molecular flexibility index (Phi) is 3.56. The minimum absolute atomic E-state index is 0.311. The standard InChI is InChI=1S/C9H5F5O2S/c1-17(15,16)3-2-4-5(10)7(12)9(14)8(13)6(4)11/h2-3H,1H3/b3-2+. The third kappa shape index (κ3) is 2.82. The number of hydrogen-bond donors (Lipinski definition) is 0. The third-order valence-corrected chi connectivity index (χ3v) is 2.36. The van der Waals surface area contributed by atoms with Crippen molar-refractivity contribution in [3.8, 4) is 0 Å². The zero-order valence-corrected chi connectivity index (χ0v) is 9.09. The van der Waals surface area contributed by atoms with Gasteiger partial charge < -0.3 is 0 Å². The molecule has 0 saturated heterocycles. The van der Waals surface area contributed by atoms with Crippen LogP contribution in [0.5, 0.6) is 0 Å². The van der Waals surface area contributed by atoms with Crippen molar-refractivity contribution in [2.24, 2.45) is 0 Å². The van der Waals surface area contributed by atoms with Crippen LogP contribution in [0.1, 0.15) is 5.56 Å². The molecule has 0 aliphatic carbocycles. The summed E-state index contributed by atoms with van der Waals surface area (Å²) in [6.45, 7) is 0. The first kappa shape index (κ1) is 13.6. The summed E-state index contributed by atoms with van der Waals surface area (Å²) in [5.41, 5.74) is -1.30. The van der Waals surface area contributed by atoms with Crippen molar-refractivity contribution in [3.63, 3.8) is 0 Å². The molecule has 0 heterocycles. The first-order chi connectivity index (χ1) is 7.65. The van der Waals surface area contributed by atoms with Crippen molar-refractivity contribution in [3.05, 3.63) is 40.1 Å². The molecule has 0 spiro atoms. The summed E-state index contributed by atoms with van der Waals surface area (Å²) in [5, 5.41) is 0.339. The number of sulfone groups is 1. The Morgan fingerprint density at radius 3 is 1.53 bits per heavy atom. The molecule has 2 nitrogen and oxygen atoms in total. The number of rotatable bonds is 2. The van der Waals surface area contributed by atoms with Gasteiger partial charge in [-0.2, -0.15) is 0 Å². The highest BCUT2D eigenvalue weighted by Gasteiger charge is 2.24. The minimum Gasteiger partial charge on any atom is -0.225 e. The zero-order chi connectivity index (χ0) is 13.4. The van der Waals surface area contributed by atoms with Crippen LogP contribution in [0.2, 0.25) is 0 Å². The zero-order valence-electron chi connectivity index (χ0n) is 8.27. The van der Waals surface area contributed by atoms with E-state index in [9.17, 15) is 30.4 Å². The van der Waals surface area contributed by atoms with Crippen molar-refractivity contribution in [1.82, 2.24) is 0 Å². The Labute approximate surface area is 93.3 Å². The van der Waals surface area contributed by atoms with Gasteiger partial charge in [0.15, 0.2) is 33.1 Å². The molecule has 0 aliphatic heterocycles. The molecule has 0 bridgehead atoms. The number of benzene rings is 1. The van der Waals surface area contributed by atoms with Gasteiger partial charge in [-0.25, -0.2) is 30.4 Å². The highest BCUT2D eigenvalue weighted by Crippen LogP contribution is 2.24. The molecule has 0 radical (unpaired) electrons. The summed E-state index contributed by atoms with van der Waals surface area (Å²) in [4.78, 5) is 0. The van der Waals surface area contributed by atoms with E-state index in [4.69, 9.17) is 0 Å². The second kappa shape index (κ2) is 4.44. The predicted molar refractivity (Wildman–Crippen MR) is 50.1 cm³/mol. The van der Waals surface area contributed by atoms with E-state index in [2.05, 4.69) is 0 Å². The van der Waals surface area contributed by atoms with Crippen molar-refractivity contribution in [1.29, 1.82) is 0 Å². The average molecular weight is 272 g/mol. The lowest BCUT2D eigenvalue weighted by molar-refractivity contribution is 0.377. The summed E-state index contributed by atoms with van der Waals surface area (Å²) in [6, 6.07) is 0. The Bertz CT molecular complexity index is 563. The van der Waals surface area contributed by atoms with E-state index < -0.39 is 44.5 Å². The summed E-state index contributed by atoms with van der Waals surface area (Å²) in [7, 11) is -3.74. The lowest BCUT2D eigenvalue weighted by Gasteiger charge is -2.03. The Morgan fingerprint density at radius 2 is 1.18 bits per heavy atom. The van der Waals surface area contributed by atoms with Gasteiger partial charge in [-0.15, -0.1) is 0 Å². The molecular weight excluding hydrogens is 267 g/mol. The summed E-state index contributed by atoms with van der Waals surface area (Å²) in [5.74, 6) is -10.7. The van der Waals surface area contributed by atoms with E-state index in [-0.39, 0.29) is 0 Å². The molecule has 1 aromatic carbocycles. The molecule has 94 valence electrons. The van der Waals surface area contributed by atoms with Gasteiger partial charge in [0.05, 0.1) is 5.56 Å². The van der Waals surface area contributed by atoms with Crippen molar-refractivity contribution < 1.29 is 30.4 Å². The van der Waals surface area contributed by atoms with E-state index in [1.165, 1.54) is 0 Å². The second-order valence-electron chi connectivity index (χ2n) is 3.12. The first-order valence-electron chi connectivity index (χ1n) is 4.04. The SMILES string of the molecule is CS(=O)(=O)/C=C/c1c(F)c(F)c(F)c(F)c1F. The molecule has 0 saturated carbocycles. The minimum atomic E-state index is -3.74. The van der Waals surface area contributed by atoms with Crippen LogP contribution in [0.15, 0.2) is 5.41 Å². The third-order valence-electron chi connectivity index (χ3n) is 1.73. The van der Waals surface area contributed by atoms with Gasteiger partial charge in [-0.3, -0.25) is 0 Å². The molecule has 1 rings (SSSR count). The summed E-state index contributed by atoms with van der Waals surface area (Å²) < 4.78 is 85.3. The first-order valence-corrected chi connectivity index (χ1v) is 6.00. The van der Waals surface area contributed by atoms with Crippen LogP contribution in [-0.2, 0) is 9.84 Å². The Morgan fingerprint density at radius 1 is 0.824 bits per heavy atom. The second-order valence-corrected chi connectivity index (χ2v) is 5.05. The fourth-order valence-electron chi connectivity index (χ4n) is 0.960. The van der Waals surface area contributed by atoms with Gasteiger partial charge in [0, 0.05) is 11.7 Å². The maximum atomic E-state index is 13.0. The molecule has 0 amide bonds. The molecular formula is C9H5F5O2S. The van der Waals surface area contributed by atoms with Crippen LogP contribution >= 0.6 is 0 Å². The monoisotopic (exact) mass is 272 g/mol. The predicted octanol–water partition coefficient (Wildman–Crippen LogP) is 2.40. The molecule has 8 heteroatoms. The fraction of sp³-hybridized carbons (Fsp3) is 0.111. The lowest BCUT2D eigenvalue weighted by atomic mass is 10.1. The van der Waals surface area contributed by atoms with Gasteiger partial charge in [0.2, 0.25) is 5.82 Å².